The molecule has 2 amide bonds. The van der Waals surface area contributed by atoms with Crippen LogP contribution in [0.5, 0.6) is 0 Å². The standard InChI is InChI=1S/C20H32N4O2/c1-4-24(5-2)12-11-22-19(25)16-7-6-8-18(14-16)23-20(26)17-9-10-21-15(3)13-17/h6-8,14-15,17,21H,4-5,9-13H2,1-3H3,(H,22,25)(H,23,26)/t15-,17-/m0/s1. The van der Waals surface area contributed by atoms with E-state index in [1.165, 1.54) is 0 Å². The lowest BCUT2D eigenvalue weighted by Gasteiger charge is -2.27. The van der Waals surface area contributed by atoms with Crippen molar-refractivity contribution in [1.29, 1.82) is 0 Å². The molecule has 1 fully saturated rings. The summed E-state index contributed by atoms with van der Waals surface area (Å²) in [4.78, 5) is 27.1. The Kier molecular flexibility index (Phi) is 8.06. The van der Waals surface area contributed by atoms with Crippen molar-refractivity contribution in [3.63, 3.8) is 0 Å². The van der Waals surface area contributed by atoms with E-state index < -0.39 is 0 Å². The Hall–Kier alpha value is -1.92. The van der Waals surface area contributed by atoms with Gasteiger partial charge in [0, 0.05) is 36.3 Å². The molecule has 144 valence electrons. The van der Waals surface area contributed by atoms with Gasteiger partial charge in [0.15, 0.2) is 0 Å². The highest BCUT2D eigenvalue weighted by Crippen LogP contribution is 2.19. The molecule has 1 heterocycles. The molecule has 6 nitrogen and oxygen atoms in total. The summed E-state index contributed by atoms with van der Waals surface area (Å²) in [5.41, 5.74) is 1.25. The number of carbonyl (C=O) groups is 2. The van der Waals surface area contributed by atoms with Gasteiger partial charge in [-0.25, -0.2) is 0 Å². The van der Waals surface area contributed by atoms with Crippen LogP contribution in [0, 0.1) is 5.92 Å². The maximum atomic E-state index is 12.5. The number of amides is 2. The lowest BCUT2D eigenvalue weighted by atomic mass is 9.92. The summed E-state index contributed by atoms with van der Waals surface area (Å²) < 4.78 is 0. The van der Waals surface area contributed by atoms with Crippen molar-refractivity contribution in [2.75, 3.05) is 38.0 Å². The third-order valence-corrected chi connectivity index (χ3v) is 4.99. The highest BCUT2D eigenvalue weighted by atomic mass is 16.2. The molecule has 0 bridgehead atoms. The maximum absolute atomic E-state index is 12.5. The first kappa shape index (κ1) is 20.4. The van der Waals surface area contributed by atoms with E-state index in [9.17, 15) is 9.59 Å². The second kappa shape index (κ2) is 10.3. The fraction of sp³-hybridized carbons (Fsp3) is 0.600. The molecule has 2 atom stereocenters. The molecule has 1 saturated heterocycles. The minimum atomic E-state index is -0.108. The molecule has 0 saturated carbocycles. The van der Waals surface area contributed by atoms with Crippen LogP contribution in [0.2, 0.25) is 0 Å². The van der Waals surface area contributed by atoms with E-state index in [4.69, 9.17) is 0 Å². The Morgan fingerprint density at radius 2 is 2.04 bits per heavy atom. The first-order valence-corrected chi connectivity index (χ1v) is 9.68. The molecular formula is C20H32N4O2. The predicted octanol–water partition coefficient (Wildman–Crippen LogP) is 2.08. The topological polar surface area (TPSA) is 73.5 Å². The highest BCUT2D eigenvalue weighted by molar-refractivity contribution is 5.97. The van der Waals surface area contributed by atoms with E-state index in [0.29, 0.717) is 23.8 Å². The third kappa shape index (κ3) is 6.11. The number of likely N-dealkylation sites (N-methyl/N-ethyl adjacent to an activating group) is 1. The van der Waals surface area contributed by atoms with Crippen molar-refractivity contribution < 1.29 is 9.59 Å². The SMILES string of the molecule is CCN(CC)CCNC(=O)c1cccc(NC(=O)[C@H]2CCN[C@@H](C)C2)c1. The number of carbonyl (C=O) groups excluding carboxylic acids is 2. The van der Waals surface area contributed by atoms with Crippen molar-refractivity contribution in [3.8, 4) is 0 Å². The van der Waals surface area contributed by atoms with Gasteiger partial charge in [-0.05, 0) is 57.6 Å². The Balaban J connectivity index is 1.88. The van der Waals surface area contributed by atoms with E-state index in [1.807, 2.05) is 6.07 Å². The monoisotopic (exact) mass is 360 g/mol. The first-order chi connectivity index (χ1) is 12.5. The predicted molar refractivity (Wildman–Crippen MR) is 105 cm³/mol. The van der Waals surface area contributed by atoms with Gasteiger partial charge < -0.3 is 20.9 Å². The summed E-state index contributed by atoms with van der Waals surface area (Å²) in [6.45, 7) is 10.6. The summed E-state index contributed by atoms with van der Waals surface area (Å²) in [6, 6.07) is 7.52. The normalized spacial score (nSPS) is 20.0. The highest BCUT2D eigenvalue weighted by Gasteiger charge is 2.24. The Morgan fingerprint density at radius 1 is 1.27 bits per heavy atom. The zero-order valence-corrected chi connectivity index (χ0v) is 16.2. The van der Waals surface area contributed by atoms with Crippen molar-refractivity contribution in [1.82, 2.24) is 15.5 Å². The number of benzene rings is 1. The van der Waals surface area contributed by atoms with Gasteiger partial charge in [-0.3, -0.25) is 9.59 Å². The van der Waals surface area contributed by atoms with Gasteiger partial charge in [0.25, 0.3) is 5.91 Å². The summed E-state index contributed by atoms with van der Waals surface area (Å²) in [6.07, 6.45) is 1.69. The average Bonchev–Trinajstić information content (AvgIpc) is 2.65. The van der Waals surface area contributed by atoms with Gasteiger partial charge in [-0.1, -0.05) is 19.9 Å². The summed E-state index contributed by atoms with van der Waals surface area (Å²) in [5.74, 6) is -0.0426. The van der Waals surface area contributed by atoms with Crippen molar-refractivity contribution in [2.45, 2.75) is 39.7 Å². The molecule has 6 heteroatoms. The minimum Gasteiger partial charge on any atom is -0.351 e. The van der Waals surface area contributed by atoms with Crippen LogP contribution in [-0.4, -0.2) is 55.5 Å². The van der Waals surface area contributed by atoms with E-state index >= 15 is 0 Å². The van der Waals surface area contributed by atoms with Gasteiger partial charge in [-0.2, -0.15) is 0 Å². The van der Waals surface area contributed by atoms with Crippen LogP contribution in [0.25, 0.3) is 0 Å². The van der Waals surface area contributed by atoms with Crippen LogP contribution < -0.4 is 16.0 Å². The lowest BCUT2D eigenvalue weighted by Crippen LogP contribution is -2.40. The van der Waals surface area contributed by atoms with Gasteiger partial charge in [-0.15, -0.1) is 0 Å². The summed E-state index contributed by atoms with van der Waals surface area (Å²) >= 11 is 0. The average molecular weight is 361 g/mol. The Bertz CT molecular complexity index is 601. The molecule has 0 aromatic heterocycles. The fourth-order valence-electron chi connectivity index (χ4n) is 3.32. The smallest absolute Gasteiger partial charge is 0.251 e. The number of hydrogen-bond acceptors (Lipinski definition) is 4. The number of nitrogens with zero attached hydrogens (tertiary/aromatic N) is 1. The largest absolute Gasteiger partial charge is 0.351 e. The van der Waals surface area contributed by atoms with Crippen LogP contribution in [0.1, 0.15) is 44.0 Å². The molecule has 1 aliphatic rings. The molecule has 0 aliphatic carbocycles. The molecule has 0 spiro atoms. The van der Waals surface area contributed by atoms with Crippen molar-refractivity contribution in [3.05, 3.63) is 29.8 Å². The van der Waals surface area contributed by atoms with E-state index in [0.717, 1.165) is 39.0 Å². The Morgan fingerprint density at radius 3 is 2.73 bits per heavy atom. The molecule has 3 N–H and O–H groups in total. The van der Waals surface area contributed by atoms with Gasteiger partial charge in [0.2, 0.25) is 5.91 Å². The minimum absolute atomic E-state index is 0.0257. The zero-order chi connectivity index (χ0) is 18.9. The van der Waals surface area contributed by atoms with Gasteiger partial charge in [0.1, 0.15) is 0 Å². The van der Waals surface area contributed by atoms with Gasteiger partial charge >= 0.3 is 0 Å². The Labute approximate surface area is 156 Å². The number of piperidine rings is 1. The number of rotatable bonds is 8. The quantitative estimate of drug-likeness (QED) is 0.664. The zero-order valence-electron chi connectivity index (χ0n) is 16.2. The number of hydrogen-bond donors (Lipinski definition) is 3. The van der Waals surface area contributed by atoms with Crippen LogP contribution in [0.15, 0.2) is 24.3 Å². The molecule has 0 unspecified atom stereocenters. The fourth-order valence-corrected chi connectivity index (χ4v) is 3.32. The van der Waals surface area contributed by atoms with E-state index in [2.05, 4.69) is 41.6 Å². The molecular weight excluding hydrogens is 328 g/mol. The lowest BCUT2D eigenvalue weighted by molar-refractivity contribution is -0.120. The molecule has 2 rings (SSSR count). The maximum Gasteiger partial charge on any atom is 0.251 e. The number of nitrogens with one attached hydrogen (secondary N) is 3. The van der Waals surface area contributed by atoms with Crippen molar-refractivity contribution in [2.24, 2.45) is 5.92 Å². The number of anilines is 1. The molecule has 1 aromatic carbocycles. The van der Waals surface area contributed by atoms with Crippen LogP contribution in [0.4, 0.5) is 5.69 Å². The summed E-state index contributed by atoms with van der Waals surface area (Å²) in [5, 5.41) is 9.27. The summed E-state index contributed by atoms with van der Waals surface area (Å²) in [7, 11) is 0. The molecule has 0 radical (unpaired) electrons. The first-order valence-electron chi connectivity index (χ1n) is 9.68. The van der Waals surface area contributed by atoms with E-state index in [-0.39, 0.29) is 17.7 Å². The molecule has 26 heavy (non-hydrogen) atoms. The third-order valence-electron chi connectivity index (χ3n) is 4.99. The second-order valence-electron chi connectivity index (χ2n) is 6.93. The molecule has 1 aliphatic heterocycles. The van der Waals surface area contributed by atoms with Crippen LogP contribution in [0.3, 0.4) is 0 Å². The molecule has 1 aromatic rings. The second-order valence-corrected chi connectivity index (χ2v) is 6.93. The van der Waals surface area contributed by atoms with Crippen LogP contribution >= 0.6 is 0 Å². The van der Waals surface area contributed by atoms with E-state index in [1.54, 1.807) is 18.2 Å². The van der Waals surface area contributed by atoms with Crippen molar-refractivity contribution >= 4 is 17.5 Å². The van der Waals surface area contributed by atoms with Crippen LogP contribution in [-0.2, 0) is 4.79 Å². The van der Waals surface area contributed by atoms with Gasteiger partial charge in [0.05, 0.1) is 0 Å².